The molecule has 0 heterocycles. The van der Waals surface area contributed by atoms with Gasteiger partial charge in [0.15, 0.2) is 11.6 Å². The molecule has 2 aromatic rings. The molecule has 1 unspecified atom stereocenters. The number of nitrogens with two attached hydrogens (primary N) is 1. The molecule has 0 radical (unpaired) electrons. The highest BCUT2D eigenvalue weighted by Gasteiger charge is 2.14. The quantitative estimate of drug-likeness (QED) is 0.656. The molecule has 2 aromatic carbocycles. The average Bonchev–Trinajstić information content (AvgIpc) is 2.43. The van der Waals surface area contributed by atoms with Gasteiger partial charge in [-0.2, -0.15) is 0 Å². The van der Waals surface area contributed by atoms with E-state index in [9.17, 15) is 4.39 Å². The number of hydrogen-bond donors (Lipinski definition) is 2. The van der Waals surface area contributed by atoms with Crippen LogP contribution >= 0.6 is 0 Å². The molecule has 0 bridgehead atoms. The number of rotatable bonds is 5. The van der Waals surface area contributed by atoms with Crippen LogP contribution in [-0.2, 0) is 6.42 Å². The van der Waals surface area contributed by atoms with Crippen LogP contribution in [0.3, 0.4) is 0 Å². The Morgan fingerprint density at radius 1 is 1.14 bits per heavy atom. The van der Waals surface area contributed by atoms with Gasteiger partial charge < -0.3 is 4.74 Å². The lowest BCUT2D eigenvalue weighted by Crippen LogP contribution is -2.29. The summed E-state index contributed by atoms with van der Waals surface area (Å²) in [6, 6.07) is 11.1. The second kappa shape index (κ2) is 6.70. The molecule has 0 aliphatic carbocycles. The number of hydrazine groups is 1. The number of ether oxygens (including phenoxy) is 1. The highest BCUT2D eigenvalue weighted by molar-refractivity contribution is 5.34. The summed E-state index contributed by atoms with van der Waals surface area (Å²) in [7, 11) is 1.45. The van der Waals surface area contributed by atoms with Gasteiger partial charge in [-0.3, -0.25) is 11.3 Å². The van der Waals surface area contributed by atoms with Gasteiger partial charge in [0.1, 0.15) is 0 Å². The lowest BCUT2D eigenvalue weighted by Gasteiger charge is -2.18. The lowest BCUT2D eigenvalue weighted by atomic mass is 9.97. The largest absolute Gasteiger partial charge is 0.494 e. The molecule has 21 heavy (non-hydrogen) atoms. The normalized spacial score (nSPS) is 12.2. The van der Waals surface area contributed by atoms with Crippen molar-refractivity contribution in [3.8, 4) is 5.75 Å². The summed E-state index contributed by atoms with van der Waals surface area (Å²) in [5, 5.41) is 0. The van der Waals surface area contributed by atoms with Gasteiger partial charge in [-0.25, -0.2) is 4.39 Å². The SMILES string of the molecule is COc1ccc(C(Cc2cc(C)cc(C)c2)NN)cc1F. The Balaban J connectivity index is 2.25. The highest BCUT2D eigenvalue weighted by Crippen LogP contribution is 2.24. The van der Waals surface area contributed by atoms with Crippen LogP contribution in [0.5, 0.6) is 5.75 Å². The summed E-state index contributed by atoms with van der Waals surface area (Å²) in [6.07, 6.45) is 0.699. The van der Waals surface area contributed by atoms with Crippen molar-refractivity contribution >= 4 is 0 Å². The van der Waals surface area contributed by atoms with Crippen LogP contribution in [0.25, 0.3) is 0 Å². The van der Waals surface area contributed by atoms with Gasteiger partial charge in [-0.15, -0.1) is 0 Å². The van der Waals surface area contributed by atoms with Crippen LogP contribution in [-0.4, -0.2) is 7.11 Å². The molecule has 0 saturated heterocycles. The first-order valence-corrected chi connectivity index (χ1v) is 6.90. The third-order valence-electron chi connectivity index (χ3n) is 3.50. The second-order valence-corrected chi connectivity index (χ2v) is 5.31. The van der Waals surface area contributed by atoms with Crippen LogP contribution in [0, 0.1) is 19.7 Å². The van der Waals surface area contributed by atoms with Crippen molar-refractivity contribution in [1.82, 2.24) is 5.43 Å². The third-order valence-corrected chi connectivity index (χ3v) is 3.50. The topological polar surface area (TPSA) is 47.3 Å². The zero-order valence-corrected chi connectivity index (χ0v) is 12.6. The standard InChI is InChI=1S/C17H21FN2O/c1-11-6-12(2)8-13(7-11)9-16(20-19)14-4-5-17(21-3)15(18)10-14/h4-8,10,16,20H,9,19H2,1-3H3. The number of nitrogens with one attached hydrogen (secondary N) is 1. The minimum atomic E-state index is -0.379. The van der Waals surface area contributed by atoms with Gasteiger partial charge in [-0.1, -0.05) is 35.4 Å². The van der Waals surface area contributed by atoms with Crippen molar-refractivity contribution < 1.29 is 9.13 Å². The smallest absolute Gasteiger partial charge is 0.165 e. The molecule has 0 saturated carbocycles. The molecule has 0 aromatic heterocycles. The zero-order chi connectivity index (χ0) is 15.4. The van der Waals surface area contributed by atoms with E-state index in [2.05, 4.69) is 37.5 Å². The molecule has 3 nitrogen and oxygen atoms in total. The Morgan fingerprint density at radius 3 is 2.33 bits per heavy atom. The zero-order valence-electron chi connectivity index (χ0n) is 12.6. The molecule has 112 valence electrons. The molecule has 3 N–H and O–H groups in total. The monoisotopic (exact) mass is 288 g/mol. The number of hydrogen-bond acceptors (Lipinski definition) is 3. The minimum absolute atomic E-state index is 0.147. The number of benzene rings is 2. The van der Waals surface area contributed by atoms with Gasteiger partial charge in [-0.05, 0) is 43.5 Å². The second-order valence-electron chi connectivity index (χ2n) is 5.31. The van der Waals surface area contributed by atoms with Gasteiger partial charge >= 0.3 is 0 Å². The van der Waals surface area contributed by atoms with E-state index in [-0.39, 0.29) is 17.6 Å². The van der Waals surface area contributed by atoms with Crippen LogP contribution in [0.1, 0.15) is 28.3 Å². The molecule has 0 fully saturated rings. The minimum Gasteiger partial charge on any atom is -0.494 e. The van der Waals surface area contributed by atoms with Crippen molar-refractivity contribution in [2.45, 2.75) is 26.3 Å². The average molecular weight is 288 g/mol. The Kier molecular flexibility index (Phi) is 4.94. The molecule has 0 spiro atoms. The van der Waals surface area contributed by atoms with Crippen molar-refractivity contribution in [1.29, 1.82) is 0 Å². The highest BCUT2D eigenvalue weighted by atomic mass is 19.1. The van der Waals surface area contributed by atoms with E-state index >= 15 is 0 Å². The van der Waals surface area contributed by atoms with Gasteiger partial charge in [0, 0.05) is 0 Å². The van der Waals surface area contributed by atoms with Crippen molar-refractivity contribution in [3.63, 3.8) is 0 Å². The number of methoxy groups -OCH3 is 1. The number of aryl methyl sites for hydroxylation is 2. The fourth-order valence-corrected chi connectivity index (χ4v) is 2.59. The van der Waals surface area contributed by atoms with E-state index in [1.807, 2.05) is 6.07 Å². The Labute approximate surface area is 124 Å². The molecule has 0 aliphatic rings. The van der Waals surface area contributed by atoms with Crippen LogP contribution < -0.4 is 16.0 Å². The molecule has 2 rings (SSSR count). The summed E-state index contributed by atoms with van der Waals surface area (Å²) in [5.41, 5.74) is 7.16. The molecule has 0 aliphatic heterocycles. The van der Waals surface area contributed by atoms with Gasteiger partial charge in [0.2, 0.25) is 0 Å². The van der Waals surface area contributed by atoms with Gasteiger partial charge in [0.25, 0.3) is 0 Å². The first-order chi connectivity index (χ1) is 10.0. The van der Waals surface area contributed by atoms with E-state index in [1.165, 1.54) is 29.9 Å². The molecule has 0 amide bonds. The predicted molar refractivity (Wildman–Crippen MR) is 82.6 cm³/mol. The maximum atomic E-state index is 13.8. The van der Waals surface area contributed by atoms with Crippen LogP contribution in [0.15, 0.2) is 36.4 Å². The van der Waals surface area contributed by atoms with Crippen molar-refractivity contribution in [2.75, 3.05) is 7.11 Å². The first-order valence-electron chi connectivity index (χ1n) is 6.90. The third kappa shape index (κ3) is 3.80. The fraction of sp³-hybridized carbons (Fsp3) is 0.294. The molecule has 1 atom stereocenters. The van der Waals surface area contributed by atoms with Crippen molar-refractivity contribution in [3.05, 3.63) is 64.5 Å². The number of halogens is 1. The molecule has 4 heteroatoms. The summed E-state index contributed by atoms with van der Waals surface area (Å²) < 4.78 is 18.8. The van der Waals surface area contributed by atoms with E-state index in [0.717, 1.165) is 5.56 Å². The Hall–Kier alpha value is -1.91. The summed E-state index contributed by atoms with van der Waals surface area (Å²) >= 11 is 0. The maximum absolute atomic E-state index is 13.8. The molecular formula is C17H21FN2O. The van der Waals surface area contributed by atoms with E-state index in [1.54, 1.807) is 6.07 Å². The van der Waals surface area contributed by atoms with E-state index in [4.69, 9.17) is 10.6 Å². The molecular weight excluding hydrogens is 267 g/mol. The van der Waals surface area contributed by atoms with E-state index in [0.29, 0.717) is 6.42 Å². The predicted octanol–water partition coefficient (Wildman–Crippen LogP) is 3.20. The van der Waals surface area contributed by atoms with E-state index < -0.39 is 0 Å². The maximum Gasteiger partial charge on any atom is 0.165 e. The van der Waals surface area contributed by atoms with Gasteiger partial charge in [0.05, 0.1) is 13.2 Å². The summed E-state index contributed by atoms with van der Waals surface area (Å²) in [5.74, 6) is 5.50. The van der Waals surface area contributed by atoms with Crippen LogP contribution in [0.4, 0.5) is 4.39 Å². The fourth-order valence-electron chi connectivity index (χ4n) is 2.59. The lowest BCUT2D eigenvalue weighted by molar-refractivity contribution is 0.385. The first kappa shape index (κ1) is 15.5. The summed E-state index contributed by atoms with van der Waals surface area (Å²) in [6.45, 7) is 4.13. The van der Waals surface area contributed by atoms with Crippen LogP contribution in [0.2, 0.25) is 0 Å². The summed E-state index contributed by atoms with van der Waals surface area (Å²) in [4.78, 5) is 0. The Bertz CT molecular complexity index is 608. The van der Waals surface area contributed by atoms with Crippen molar-refractivity contribution in [2.24, 2.45) is 5.84 Å². The Morgan fingerprint density at radius 2 is 1.81 bits per heavy atom.